The van der Waals surface area contributed by atoms with Crippen LogP contribution in [0.1, 0.15) is 69.2 Å². The average Bonchev–Trinajstić information content (AvgIpc) is 3.59. The lowest BCUT2D eigenvalue weighted by Crippen LogP contribution is -2.46. The number of halogens is 3. The Labute approximate surface area is 214 Å². The van der Waals surface area contributed by atoms with Crippen LogP contribution in [0.5, 0.6) is 0 Å². The molecule has 2 fully saturated rings. The van der Waals surface area contributed by atoms with Crippen LogP contribution in [0.3, 0.4) is 0 Å². The lowest BCUT2D eigenvalue weighted by molar-refractivity contribution is -0.127. The Morgan fingerprint density at radius 1 is 1.29 bits per heavy atom. The normalized spacial score (nSPS) is 23.1. The molecule has 2 aliphatic rings. The monoisotopic (exact) mass is 523 g/mol. The standard InChI is InChI=1S/C25H32Cl2FN5O2/c1-25(8-2-3-9-25)22(20-18(28)7-6-17(26)21(20)27)33-23(34)14-4-5-15(10-14)32-24(35)19(29)11-16-12-30-13-31-16/h6-7,12-15,19,22H,2-5,8-11,29H2,1H3,(H,30,31)(H,32,35)(H,33,34)/t14-,15+,19+,22+/m0/s1. The molecule has 0 aliphatic heterocycles. The van der Waals surface area contributed by atoms with E-state index in [9.17, 15) is 14.0 Å². The van der Waals surface area contributed by atoms with Gasteiger partial charge in [0.05, 0.1) is 28.5 Å². The molecule has 0 unspecified atom stereocenters. The van der Waals surface area contributed by atoms with E-state index in [0.717, 1.165) is 31.4 Å². The summed E-state index contributed by atoms with van der Waals surface area (Å²) in [6, 6.07) is 1.30. The number of nitrogens with two attached hydrogens (primary N) is 1. The summed E-state index contributed by atoms with van der Waals surface area (Å²) >= 11 is 12.7. The maximum atomic E-state index is 15.0. The number of hydrogen-bond acceptors (Lipinski definition) is 4. The van der Waals surface area contributed by atoms with Crippen LogP contribution < -0.4 is 16.4 Å². The van der Waals surface area contributed by atoms with Gasteiger partial charge in [-0.3, -0.25) is 9.59 Å². The van der Waals surface area contributed by atoms with E-state index < -0.39 is 17.9 Å². The largest absolute Gasteiger partial charge is 0.352 e. The van der Waals surface area contributed by atoms with Crippen LogP contribution in [0.15, 0.2) is 24.7 Å². The highest BCUT2D eigenvalue weighted by atomic mass is 35.5. The highest BCUT2D eigenvalue weighted by Crippen LogP contribution is 2.50. The number of aromatic amines is 1. The molecule has 0 radical (unpaired) electrons. The number of nitrogens with zero attached hydrogens (tertiary/aromatic N) is 1. The van der Waals surface area contributed by atoms with Crippen molar-refractivity contribution in [1.29, 1.82) is 0 Å². The number of imidazole rings is 1. The van der Waals surface area contributed by atoms with Crippen molar-refractivity contribution in [3.05, 3.63) is 51.8 Å². The average molecular weight is 524 g/mol. The van der Waals surface area contributed by atoms with E-state index in [0.29, 0.717) is 25.7 Å². The first kappa shape index (κ1) is 25.9. The third-order valence-corrected chi connectivity index (χ3v) is 8.40. The molecule has 1 aromatic carbocycles. The predicted molar refractivity (Wildman–Crippen MR) is 133 cm³/mol. The molecule has 1 heterocycles. The molecule has 2 amide bonds. The van der Waals surface area contributed by atoms with Crippen molar-refractivity contribution in [2.45, 2.75) is 76.4 Å². The Kier molecular flexibility index (Phi) is 8.03. The topological polar surface area (TPSA) is 113 Å². The fourth-order valence-corrected chi connectivity index (χ4v) is 5.95. The van der Waals surface area contributed by atoms with Crippen LogP contribution in [0, 0.1) is 17.2 Å². The number of nitrogens with one attached hydrogen (secondary N) is 3. The second-order valence-electron chi connectivity index (χ2n) is 10.2. The summed E-state index contributed by atoms with van der Waals surface area (Å²) < 4.78 is 15.0. The Balaban J connectivity index is 1.42. The molecule has 4 rings (SSSR count). The van der Waals surface area contributed by atoms with Crippen molar-refractivity contribution in [3.63, 3.8) is 0 Å². The Morgan fingerprint density at radius 2 is 2.03 bits per heavy atom. The van der Waals surface area contributed by atoms with Gasteiger partial charge in [-0.15, -0.1) is 0 Å². The summed E-state index contributed by atoms with van der Waals surface area (Å²) in [6.07, 6.45) is 9.09. The Hall–Kier alpha value is -2.16. The van der Waals surface area contributed by atoms with E-state index in [2.05, 4.69) is 27.5 Å². The van der Waals surface area contributed by atoms with Crippen molar-refractivity contribution in [3.8, 4) is 0 Å². The van der Waals surface area contributed by atoms with Crippen LogP contribution in [-0.2, 0) is 16.0 Å². The second kappa shape index (κ2) is 10.8. The number of carbonyl (C=O) groups is 2. The molecule has 4 atom stereocenters. The van der Waals surface area contributed by atoms with Crippen molar-refractivity contribution >= 4 is 35.0 Å². The van der Waals surface area contributed by atoms with E-state index in [4.69, 9.17) is 28.9 Å². The van der Waals surface area contributed by atoms with Gasteiger partial charge in [0.2, 0.25) is 11.8 Å². The summed E-state index contributed by atoms with van der Waals surface area (Å²) in [5.74, 6) is -1.18. The zero-order chi connectivity index (χ0) is 25.2. The molecule has 2 aliphatic carbocycles. The quantitative estimate of drug-likeness (QED) is 0.382. The summed E-state index contributed by atoms with van der Waals surface area (Å²) in [5, 5.41) is 6.50. The molecule has 2 saturated carbocycles. The van der Waals surface area contributed by atoms with E-state index in [1.54, 1.807) is 12.5 Å². The van der Waals surface area contributed by atoms with E-state index in [1.165, 1.54) is 12.1 Å². The highest BCUT2D eigenvalue weighted by molar-refractivity contribution is 6.42. The molecule has 0 bridgehead atoms. The fraction of sp³-hybridized carbons (Fsp3) is 0.560. The maximum absolute atomic E-state index is 15.0. The summed E-state index contributed by atoms with van der Waals surface area (Å²) in [5.41, 5.74) is 6.76. The number of amides is 2. The van der Waals surface area contributed by atoms with Gasteiger partial charge in [-0.05, 0) is 49.7 Å². The minimum atomic E-state index is -0.706. The molecule has 1 aromatic heterocycles. The lowest BCUT2D eigenvalue weighted by atomic mass is 9.76. The number of aromatic nitrogens is 2. The summed E-state index contributed by atoms with van der Waals surface area (Å²) in [6.45, 7) is 2.07. The van der Waals surface area contributed by atoms with Gasteiger partial charge < -0.3 is 21.4 Å². The van der Waals surface area contributed by atoms with Crippen LogP contribution in [0.25, 0.3) is 0 Å². The van der Waals surface area contributed by atoms with Gasteiger partial charge in [0.25, 0.3) is 0 Å². The van der Waals surface area contributed by atoms with Crippen molar-refractivity contribution in [1.82, 2.24) is 20.6 Å². The second-order valence-corrected chi connectivity index (χ2v) is 10.9. The minimum Gasteiger partial charge on any atom is -0.352 e. The van der Waals surface area contributed by atoms with Crippen LogP contribution in [0.2, 0.25) is 10.0 Å². The highest BCUT2D eigenvalue weighted by Gasteiger charge is 2.43. The van der Waals surface area contributed by atoms with Crippen LogP contribution in [0.4, 0.5) is 4.39 Å². The third kappa shape index (κ3) is 5.81. The molecule has 10 heteroatoms. The van der Waals surface area contributed by atoms with Gasteiger partial charge in [-0.1, -0.05) is 43.0 Å². The molecule has 0 spiro atoms. The smallest absolute Gasteiger partial charge is 0.237 e. The van der Waals surface area contributed by atoms with E-state index in [-0.39, 0.29) is 44.8 Å². The first-order chi connectivity index (χ1) is 16.7. The third-order valence-electron chi connectivity index (χ3n) is 7.58. The Morgan fingerprint density at radius 3 is 2.71 bits per heavy atom. The zero-order valence-corrected chi connectivity index (χ0v) is 21.3. The molecular formula is C25H32Cl2FN5O2. The van der Waals surface area contributed by atoms with Gasteiger partial charge in [0, 0.05) is 35.8 Å². The summed E-state index contributed by atoms with van der Waals surface area (Å²) in [7, 11) is 0. The van der Waals surface area contributed by atoms with Gasteiger partial charge in [-0.2, -0.15) is 0 Å². The molecule has 190 valence electrons. The fourth-order valence-electron chi connectivity index (χ4n) is 5.52. The van der Waals surface area contributed by atoms with Crippen LogP contribution >= 0.6 is 23.2 Å². The van der Waals surface area contributed by atoms with E-state index in [1.807, 2.05) is 0 Å². The molecule has 5 N–H and O–H groups in total. The predicted octanol–water partition coefficient (Wildman–Crippen LogP) is 4.45. The number of benzene rings is 1. The molecule has 2 aromatic rings. The first-order valence-corrected chi connectivity index (χ1v) is 12.9. The van der Waals surface area contributed by atoms with Crippen molar-refractivity contribution < 1.29 is 14.0 Å². The number of rotatable bonds is 8. The number of carbonyl (C=O) groups excluding carboxylic acids is 2. The molecule has 35 heavy (non-hydrogen) atoms. The van der Waals surface area contributed by atoms with Gasteiger partial charge in [0.15, 0.2) is 0 Å². The van der Waals surface area contributed by atoms with Crippen LogP contribution in [-0.4, -0.2) is 33.9 Å². The SMILES string of the molecule is CC1([C@H](NC(=O)[C@H]2CC[C@@H](NC(=O)[C@H](N)Cc3cnc[nH]3)C2)c2c(F)ccc(Cl)c2Cl)CCCC1. The molecule has 7 nitrogen and oxygen atoms in total. The first-order valence-electron chi connectivity index (χ1n) is 12.1. The van der Waals surface area contributed by atoms with Gasteiger partial charge >= 0.3 is 0 Å². The number of hydrogen-bond donors (Lipinski definition) is 4. The van der Waals surface area contributed by atoms with Crippen molar-refractivity contribution in [2.75, 3.05) is 0 Å². The van der Waals surface area contributed by atoms with Gasteiger partial charge in [-0.25, -0.2) is 9.37 Å². The Bertz CT molecular complexity index is 1060. The summed E-state index contributed by atoms with van der Waals surface area (Å²) in [4.78, 5) is 32.8. The van der Waals surface area contributed by atoms with Crippen molar-refractivity contribution in [2.24, 2.45) is 17.1 Å². The van der Waals surface area contributed by atoms with E-state index >= 15 is 0 Å². The molecule has 0 saturated heterocycles. The maximum Gasteiger partial charge on any atom is 0.237 e. The molecular weight excluding hydrogens is 492 g/mol. The lowest BCUT2D eigenvalue weighted by Gasteiger charge is -2.36. The minimum absolute atomic E-state index is 0.141. The van der Waals surface area contributed by atoms with Gasteiger partial charge in [0.1, 0.15) is 5.82 Å². The zero-order valence-electron chi connectivity index (χ0n) is 19.8. The number of H-pyrrole nitrogens is 1.